The first-order valence-corrected chi connectivity index (χ1v) is 15.1. The first kappa shape index (κ1) is 32.0. The third-order valence-corrected chi connectivity index (χ3v) is 7.45. The van der Waals surface area contributed by atoms with Crippen molar-refractivity contribution in [2.24, 2.45) is 5.10 Å². The Morgan fingerprint density at radius 1 is 0.957 bits per heavy atom. The molecular weight excluding hydrogens is 604 g/mol. The Morgan fingerprint density at radius 3 is 2.52 bits per heavy atom. The quantitative estimate of drug-likeness (QED) is 0.0821. The summed E-state index contributed by atoms with van der Waals surface area (Å²) in [5, 5.41) is 12.8. The summed E-state index contributed by atoms with van der Waals surface area (Å²) in [6.45, 7) is 3.70. The van der Waals surface area contributed by atoms with Crippen LogP contribution in [0, 0.1) is 0 Å². The number of hydrogen-bond donors (Lipinski definition) is 3. The van der Waals surface area contributed by atoms with Gasteiger partial charge in [-0.05, 0) is 60.6 Å². The number of nitrogens with zero attached hydrogens (tertiary/aromatic N) is 1. The lowest BCUT2D eigenvalue weighted by Crippen LogP contribution is -2.45. The van der Waals surface area contributed by atoms with Crippen LogP contribution in [0.5, 0.6) is 17.2 Å². The molecule has 0 saturated heterocycles. The number of thiocarbonyl (C=S) groups is 1. The van der Waals surface area contributed by atoms with Gasteiger partial charge in [0.05, 0.1) is 31.5 Å². The van der Waals surface area contributed by atoms with Crippen molar-refractivity contribution in [3.63, 3.8) is 0 Å². The monoisotopic (exact) mass is 638 g/mol. The van der Waals surface area contributed by atoms with Gasteiger partial charge < -0.3 is 29.6 Å². The van der Waals surface area contributed by atoms with Crippen LogP contribution < -0.4 is 30.3 Å². The van der Waals surface area contributed by atoms with Crippen molar-refractivity contribution in [3.8, 4) is 17.2 Å². The molecule has 3 N–H and O–H groups in total. The zero-order valence-corrected chi connectivity index (χ0v) is 26.5. The molecule has 10 nitrogen and oxygen atoms in total. The van der Waals surface area contributed by atoms with Crippen molar-refractivity contribution in [2.45, 2.75) is 26.5 Å². The van der Waals surface area contributed by atoms with Crippen molar-refractivity contribution in [1.29, 1.82) is 0 Å². The van der Waals surface area contributed by atoms with E-state index in [1.807, 2.05) is 42.5 Å². The Labute approximate surface area is 272 Å². The van der Waals surface area contributed by atoms with Gasteiger partial charge in [-0.3, -0.25) is 4.79 Å². The third kappa shape index (κ3) is 7.44. The molecule has 11 heteroatoms. The maximum atomic E-state index is 12.8. The van der Waals surface area contributed by atoms with Crippen LogP contribution >= 0.6 is 12.2 Å². The molecule has 5 rings (SSSR count). The van der Waals surface area contributed by atoms with E-state index in [4.69, 9.17) is 31.2 Å². The van der Waals surface area contributed by atoms with Crippen LogP contribution in [-0.4, -0.2) is 43.5 Å². The Hall–Kier alpha value is -5.42. The zero-order chi connectivity index (χ0) is 32.5. The van der Waals surface area contributed by atoms with Gasteiger partial charge in [-0.2, -0.15) is 5.10 Å². The number of carbonyl (C=O) groups is 2. The molecule has 0 aliphatic carbocycles. The van der Waals surface area contributed by atoms with Gasteiger partial charge in [-0.1, -0.05) is 66.7 Å². The maximum Gasteiger partial charge on any atom is 0.338 e. The standard InChI is InChI=1S/C35H34N4O6S/c1-4-43-34(41)31-22(2)37-35(46)38-32(31)27-16-7-8-17-28(27)44-21-30(40)39-36-19-24-13-10-18-29(42-3)33(24)45-20-25-14-9-12-23-11-5-6-15-26(23)25/h5-19,32H,4,20-21H2,1-3H3,(H,39,40)(H2,37,38,46)/t32-/m0/s1. The van der Waals surface area contributed by atoms with E-state index >= 15 is 0 Å². The van der Waals surface area contributed by atoms with E-state index in [0.717, 1.165) is 16.3 Å². The number of methoxy groups -OCH3 is 1. The van der Waals surface area contributed by atoms with Crippen LogP contribution in [0.3, 0.4) is 0 Å². The Balaban J connectivity index is 1.26. The highest BCUT2D eigenvalue weighted by molar-refractivity contribution is 7.80. The molecule has 4 aromatic carbocycles. The molecule has 0 fully saturated rings. The van der Waals surface area contributed by atoms with Crippen LogP contribution in [-0.2, 0) is 20.9 Å². The van der Waals surface area contributed by atoms with Gasteiger partial charge >= 0.3 is 5.97 Å². The molecular formula is C35H34N4O6S. The third-order valence-electron chi connectivity index (χ3n) is 7.23. The van der Waals surface area contributed by atoms with E-state index in [9.17, 15) is 9.59 Å². The van der Waals surface area contributed by atoms with Crippen LogP contribution in [0.4, 0.5) is 0 Å². The molecule has 1 amide bonds. The summed E-state index contributed by atoms with van der Waals surface area (Å²) in [6.07, 6.45) is 1.49. The summed E-state index contributed by atoms with van der Waals surface area (Å²) >= 11 is 5.34. The first-order valence-electron chi connectivity index (χ1n) is 14.6. The Kier molecular flexibility index (Phi) is 10.5. The first-order chi connectivity index (χ1) is 22.4. The van der Waals surface area contributed by atoms with Gasteiger partial charge in [0, 0.05) is 16.8 Å². The summed E-state index contributed by atoms with van der Waals surface area (Å²) < 4.78 is 22.9. The lowest BCUT2D eigenvalue weighted by Gasteiger charge is -2.30. The molecule has 0 unspecified atom stereocenters. The van der Waals surface area contributed by atoms with E-state index < -0.39 is 17.9 Å². The molecule has 46 heavy (non-hydrogen) atoms. The smallest absolute Gasteiger partial charge is 0.338 e. The van der Waals surface area contributed by atoms with Gasteiger partial charge in [0.25, 0.3) is 5.91 Å². The number of ether oxygens (including phenoxy) is 4. The summed E-state index contributed by atoms with van der Waals surface area (Å²) in [5.41, 5.74) is 5.71. The maximum absolute atomic E-state index is 12.8. The Morgan fingerprint density at radius 2 is 1.70 bits per heavy atom. The highest BCUT2D eigenvalue weighted by atomic mass is 32.1. The number of allylic oxidation sites excluding steroid dienone is 1. The number of fused-ring (bicyclic) bond motifs is 1. The molecule has 0 bridgehead atoms. The lowest BCUT2D eigenvalue weighted by molar-refractivity contribution is -0.139. The predicted octanol–water partition coefficient (Wildman–Crippen LogP) is 5.31. The summed E-state index contributed by atoms with van der Waals surface area (Å²) in [4.78, 5) is 25.6. The molecule has 1 aliphatic rings. The van der Waals surface area contributed by atoms with E-state index in [2.05, 4.69) is 39.4 Å². The van der Waals surface area contributed by atoms with Gasteiger partial charge in [0.15, 0.2) is 23.2 Å². The second kappa shape index (κ2) is 15.0. The Bertz CT molecular complexity index is 1820. The number of esters is 1. The molecule has 236 valence electrons. The van der Waals surface area contributed by atoms with E-state index in [1.54, 1.807) is 45.2 Å². The van der Waals surface area contributed by atoms with Crippen molar-refractivity contribution in [2.75, 3.05) is 20.3 Å². The van der Waals surface area contributed by atoms with E-state index in [-0.39, 0.29) is 13.2 Å². The minimum Gasteiger partial charge on any atom is -0.493 e. The summed E-state index contributed by atoms with van der Waals surface area (Å²) in [5.74, 6) is 0.461. The minimum absolute atomic E-state index is 0.221. The average molecular weight is 639 g/mol. The zero-order valence-electron chi connectivity index (χ0n) is 25.7. The van der Waals surface area contributed by atoms with Gasteiger partial charge in [-0.15, -0.1) is 0 Å². The van der Waals surface area contributed by atoms with Crippen molar-refractivity contribution in [3.05, 3.63) is 113 Å². The number of nitrogens with one attached hydrogen (secondary N) is 3. The predicted molar refractivity (Wildman–Crippen MR) is 180 cm³/mol. The van der Waals surface area contributed by atoms with Crippen molar-refractivity contribution in [1.82, 2.24) is 16.1 Å². The number of para-hydroxylation sites is 2. The topological polar surface area (TPSA) is 120 Å². The summed E-state index contributed by atoms with van der Waals surface area (Å²) in [7, 11) is 1.57. The number of hydrazone groups is 1. The average Bonchev–Trinajstić information content (AvgIpc) is 3.06. The number of benzene rings is 4. The van der Waals surface area contributed by atoms with Crippen LogP contribution in [0.2, 0.25) is 0 Å². The SMILES string of the molecule is CCOC(=O)C1=C(C)NC(=S)N[C@H]1c1ccccc1OCC(=O)NN=Cc1cccc(OC)c1OCc1cccc2ccccc12. The second-order valence-corrected chi connectivity index (χ2v) is 10.6. The molecule has 0 spiro atoms. The van der Waals surface area contributed by atoms with Gasteiger partial charge in [0.2, 0.25) is 0 Å². The minimum atomic E-state index is -0.634. The lowest BCUT2D eigenvalue weighted by atomic mass is 9.95. The van der Waals surface area contributed by atoms with Gasteiger partial charge in [-0.25, -0.2) is 10.2 Å². The largest absolute Gasteiger partial charge is 0.493 e. The van der Waals surface area contributed by atoms with Crippen molar-refractivity contribution < 1.29 is 28.5 Å². The van der Waals surface area contributed by atoms with Crippen LogP contribution in [0.25, 0.3) is 10.8 Å². The molecule has 0 saturated carbocycles. The normalized spacial score (nSPS) is 14.4. The van der Waals surface area contributed by atoms with E-state index in [1.165, 1.54) is 6.21 Å². The molecule has 0 radical (unpaired) electrons. The molecule has 4 aromatic rings. The highest BCUT2D eigenvalue weighted by Gasteiger charge is 2.32. The van der Waals surface area contributed by atoms with E-state index in [0.29, 0.717) is 51.4 Å². The molecule has 1 heterocycles. The van der Waals surface area contributed by atoms with Crippen LogP contribution in [0.15, 0.2) is 101 Å². The highest BCUT2D eigenvalue weighted by Crippen LogP contribution is 2.34. The number of rotatable bonds is 12. The number of carbonyl (C=O) groups excluding carboxylic acids is 2. The van der Waals surface area contributed by atoms with Gasteiger partial charge in [0.1, 0.15) is 12.4 Å². The molecule has 1 aliphatic heterocycles. The molecule has 0 aromatic heterocycles. The van der Waals surface area contributed by atoms with Crippen molar-refractivity contribution >= 4 is 46.2 Å². The molecule has 1 atom stereocenters. The fourth-order valence-electron chi connectivity index (χ4n) is 5.12. The number of amides is 1. The van der Waals surface area contributed by atoms with Crippen LogP contribution in [0.1, 0.15) is 36.6 Å². The second-order valence-electron chi connectivity index (χ2n) is 10.2. The number of hydrogen-bond acceptors (Lipinski definition) is 8. The summed E-state index contributed by atoms with van der Waals surface area (Å²) in [6, 6.07) is 26.1. The fraction of sp³-hybridized carbons (Fsp3) is 0.200. The fourth-order valence-corrected chi connectivity index (χ4v) is 5.40.